The first-order valence-corrected chi connectivity index (χ1v) is 9.82. The van der Waals surface area contributed by atoms with Crippen LogP contribution in [0.1, 0.15) is 86.0 Å². The van der Waals surface area contributed by atoms with Crippen LogP contribution in [0.4, 0.5) is 0 Å². The van der Waals surface area contributed by atoms with Gasteiger partial charge in [0, 0.05) is 0 Å². The van der Waals surface area contributed by atoms with Gasteiger partial charge < -0.3 is 9.79 Å². The molecule has 0 aliphatic rings. The van der Waals surface area contributed by atoms with Crippen LogP contribution in [0.25, 0.3) is 0 Å². The highest BCUT2D eigenvalue weighted by Crippen LogP contribution is 2.41. The normalized spacial score (nSPS) is 16.0. The van der Waals surface area contributed by atoms with E-state index < -0.39 is 7.82 Å². The molecule has 0 aromatic rings. The van der Waals surface area contributed by atoms with Gasteiger partial charge in [-0.1, -0.05) is 66.7 Å². The van der Waals surface area contributed by atoms with Gasteiger partial charge in [-0.05, 0) is 30.6 Å². The van der Waals surface area contributed by atoms with E-state index in [0.29, 0.717) is 0 Å². The molecule has 0 bridgehead atoms. The second-order valence-corrected chi connectivity index (χ2v) is 8.61. The minimum atomic E-state index is -4.40. The van der Waals surface area contributed by atoms with Crippen LogP contribution in [0.2, 0.25) is 0 Å². The van der Waals surface area contributed by atoms with Crippen LogP contribution < -0.4 is 0 Å². The lowest BCUT2D eigenvalue weighted by molar-refractivity contribution is 0.0790. The summed E-state index contributed by atoms with van der Waals surface area (Å²) in [5.41, 5.74) is 0.247. The summed E-state index contributed by atoms with van der Waals surface area (Å²) in [6, 6.07) is 0. The predicted molar refractivity (Wildman–Crippen MR) is 88.1 cm³/mol. The number of unbranched alkanes of at least 4 members (excludes halogenated alkanes) is 3. The lowest BCUT2D eigenvalue weighted by Crippen LogP contribution is -2.22. The van der Waals surface area contributed by atoms with Crippen LogP contribution in [0.15, 0.2) is 0 Å². The highest BCUT2D eigenvalue weighted by Gasteiger charge is 2.26. The van der Waals surface area contributed by atoms with E-state index in [1.807, 2.05) is 6.92 Å². The molecule has 0 aromatic carbocycles. The van der Waals surface area contributed by atoms with E-state index in [0.717, 1.165) is 32.1 Å². The van der Waals surface area contributed by atoms with Crippen LogP contribution in [-0.2, 0) is 9.09 Å². The second-order valence-electron chi connectivity index (χ2n) is 7.41. The summed E-state index contributed by atoms with van der Waals surface area (Å²) < 4.78 is 16.2. The average Bonchev–Trinajstić information content (AvgIpc) is 2.30. The zero-order chi connectivity index (χ0) is 16.5. The van der Waals surface area contributed by atoms with E-state index in [9.17, 15) is 4.57 Å². The zero-order valence-corrected chi connectivity index (χ0v) is 15.4. The topological polar surface area (TPSA) is 66.8 Å². The molecule has 0 rings (SSSR count). The van der Waals surface area contributed by atoms with E-state index in [4.69, 9.17) is 14.3 Å². The molecule has 128 valence electrons. The summed E-state index contributed by atoms with van der Waals surface area (Å²) >= 11 is 0. The Morgan fingerprint density at radius 3 is 2.14 bits per heavy atom. The summed E-state index contributed by atoms with van der Waals surface area (Å²) in [5, 5.41) is 0. The molecule has 0 amide bonds. The van der Waals surface area contributed by atoms with Crippen molar-refractivity contribution in [3.05, 3.63) is 0 Å². The maximum Gasteiger partial charge on any atom is 0.469 e. The molecule has 0 saturated carbocycles. The van der Waals surface area contributed by atoms with Gasteiger partial charge in [-0.25, -0.2) is 4.57 Å². The molecule has 0 aliphatic heterocycles. The maximum atomic E-state index is 11.2. The third-order valence-electron chi connectivity index (χ3n) is 3.84. The highest BCUT2D eigenvalue weighted by atomic mass is 31.2. The Labute approximate surface area is 130 Å². The molecule has 0 heterocycles. The van der Waals surface area contributed by atoms with Crippen molar-refractivity contribution >= 4 is 7.82 Å². The molecule has 5 heteroatoms. The van der Waals surface area contributed by atoms with Crippen molar-refractivity contribution in [1.29, 1.82) is 0 Å². The van der Waals surface area contributed by atoms with Crippen molar-refractivity contribution in [2.75, 3.05) is 0 Å². The van der Waals surface area contributed by atoms with Gasteiger partial charge in [0.05, 0.1) is 6.10 Å². The Morgan fingerprint density at radius 1 is 1.05 bits per heavy atom. The molecule has 2 atom stereocenters. The molecule has 4 nitrogen and oxygen atoms in total. The number of hydrogen-bond acceptors (Lipinski definition) is 2. The lowest BCUT2D eigenvalue weighted by Gasteiger charge is -2.26. The van der Waals surface area contributed by atoms with Crippen molar-refractivity contribution in [2.45, 2.75) is 92.1 Å². The summed E-state index contributed by atoms with van der Waals surface area (Å²) in [6.07, 6.45) is 8.04. The fourth-order valence-electron chi connectivity index (χ4n) is 2.53. The third-order valence-corrected chi connectivity index (χ3v) is 4.38. The van der Waals surface area contributed by atoms with Gasteiger partial charge in [-0.2, -0.15) is 0 Å². The number of hydrogen-bond donors (Lipinski definition) is 2. The van der Waals surface area contributed by atoms with E-state index >= 15 is 0 Å². The van der Waals surface area contributed by atoms with Gasteiger partial charge in [-0.15, -0.1) is 0 Å². The Bertz CT molecular complexity index is 306. The molecule has 0 aliphatic carbocycles. The molecular weight excluding hydrogens is 287 g/mol. The highest BCUT2D eigenvalue weighted by molar-refractivity contribution is 7.46. The first-order chi connectivity index (χ1) is 9.55. The molecule has 2 N–H and O–H groups in total. The van der Waals surface area contributed by atoms with Gasteiger partial charge in [0.2, 0.25) is 0 Å². The van der Waals surface area contributed by atoms with Crippen LogP contribution in [0.3, 0.4) is 0 Å². The van der Waals surface area contributed by atoms with Gasteiger partial charge in [0.25, 0.3) is 0 Å². The summed E-state index contributed by atoms with van der Waals surface area (Å²) in [5.74, 6) is 0.189. The molecule has 0 saturated heterocycles. The van der Waals surface area contributed by atoms with Crippen LogP contribution in [0, 0.1) is 11.3 Å². The minimum Gasteiger partial charge on any atom is -0.303 e. The molecule has 0 aromatic heterocycles. The van der Waals surface area contributed by atoms with Gasteiger partial charge in [0.15, 0.2) is 0 Å². The smallest absolute Gasteiger partial charge is 0.303 e. The SMILES string of the molecule is CCCCCCC(C)C(CCCC(C)(C)C)OP(=O)(O)O. The maximum absolute atomic E-state index is 11.2. The van der Waals surface area contributed by atoms with E-state index in [2.05, 4.69) is 27.7 Å². The monoisotopic (exact) mass is 322 g/mol. The molecular formula is C16H35O4P. The fraction of sp³-hybridized carbons (Fsp3) is 1.00. The standard InChI is InChI=1S/C16H35O4P/c1-6-7-8-9-11-14(2)15(20-21(17,18)19)12-10-13-16(3,4)5/h14-15H,6-13H2,1-5H3,(H2,17,18,19). The second kappa shape index (κ2) is 9.99. The van der Waals surface area contributed by atoms with E-state index in [-0.39, 0.29) is 17.4 Å². The molecule has 0 radical (unpaired) electrons. The van der Waals surface area contributed by atoms with Crippen molar-refractivity contribution < 1.29 is 18.9 Å². The largest absolute Gasteiger partial charge is 0.469 e. The number of phosphoric ester groups is 1. The first kappa shape index (κ1) is 21.1. The summed E-state index contributed by atoms with van der Waals surface area (Å²) in [6.45, 7) is 10.8. The molecule has 0 spiro atoms. The minimum absolute atomic E-state index is 0.189. The van der Waals surface area contributed by atoms with Crippen molar-refractivity contribution in [3.63, 3.8) is 0 Å². The fourth-order valence-corrected chi connectivity index (χ4v) is 3.20. The van der Waals surface area contributed by atoms with Gasteiger partial charge in [-0.3, -0.25) is 4.52 Å². The molecule has 2 unspecified atom stereocenters. The van der Waals surface area contributed by atoms with Crippen LogP contribution in [0.5, 0.6) is 0 Å². The van der Waals surface area contributed by atoms with Crippen molar-refractivity contribution in [1.82, 2.24) is 0 Å². The van der Waals surface area contributed by atoms with E-state index in [1.54, 1.807) is 0 Å². The first-order valence-electron chi connectivity index (χ1n) is 8.29. The molecule has 0 fully saturated rings. The van der Waals surface area contributed by atoms with Gasteiger partial charge in [0.1, 0.15) is 0 Å². The average molecular weight is 322 g/mol. The summed E-state index contributed by atoms with van der Waals surface area (Å²) in [4.78, 5) is 18.2. The Hall–Kier alpha value is 0.110. The predicted octanol–water partition coefficient (Wildman–Crippen LogP) is 5.29. The molecule has 21 heavy (non-hydrogen) atoms. The quantitative estimate of drug-likeness (QED) is 0.401. The van der Waals surface area contributed by atoms with Crippen LogP contribution in [-0.4, -0.2) is 15.9 Å². The van der Waals surface area contributed by atoms with Crippen molar-refractivity contribution in [3.8, 4) is 0 Å². The van der Waals surface area contributed by atoms with Crippen molar-refractivity contribution in [2.24, 2.45) is 11.3 Å². The number of rotatable bonds is 11. The zero-order valence-electron chi connectivity index (χ0n) is 14.5. The lowest BCUT2D eigenvalue weighted by atomic mass is 9.87. The van der Waals surface area contributed by atoms with E-state index in [1.165, 1.54) is 19.3 Å². The Kier molecular flexibility index (Phi) is 10.0. The summed E-state index contributed by atoms with van der Waals surface area (Å²) in [7, 11) is -4.40. The van der Waals surface area contributed by atoms with Crippen LogP contribution >= 0.6 is 7.82 Å². The third kappa shape index (κ3) is 13.5. The van der Waals surface area contributed by atoms with Gasteiger partial charge >= 0.3 is 7.82 Å². The number of phosphoric acid groups is 1. The Morgan fingerprint density at radius 2 is 1.67 bits per heavy atom. The Balaban J connectivity index is 4.33.